The maximum atomic E-state index is 12.8. The van der Waals surface area contributed by atoms with Crippen molar-refractivity contribution >= 4 is 15.7 Å². The summed E-state index contributed by atoms with van der Waals surface area (Å²) in [7, 11) is -3.18. The Balaban J connectivity index is 1.83. The zero-order valence-corrected chi connectivity index (χ0v) is 15.3. The van der Waals surface area contributed by atoms with Crippen molar-refractivity contribution in [3.05, 3.63) is 35.3 Å². The summed E-state index contributed by atoms with van der Waals surface area (Å²) in [5.41, 5.74) is 1.18. The number of nitrogens with zero attached hydrogens (tertiary/aromatic N) is 2. The number of piperazine rings is 1. The van der Waals surface area contributed by atoms with Crippen LogP contribution in [-0.4, -0.2) is 72.5 Å². The summed E-state index contributed by atoms with van der Waals surface area (Å²) in [6.45, 7) is 5.53. The van der Waals surface area contributed by atoms with Gasteiger partial charge in [-0.25, -0.2) is 8.42 Å². The lowest BCUT2D eigenvalue weighted by atomic mass is 10.0. The molecule has 2 aliphatic heterocycles. The van der Waals surface area contributed by atoms with E-state index in [9.17, 15) is 13.2 Å². The van der Waals surface area contributed by atoms with Crippen molar-refractivity contribution in [1.29, 1.82) is 0 Å². The van der Waals surface area contributed by atoms with Gasteiger partial charge in [0.15, 0.2) is 15.6 Å². The summed E-state index contributed by atoms with van der Waals surface area (Å²) in [5.74, 6) is 0.222. The number of carbonyl (C=O) groups excluding carboxylic acids is 1. The van der Waals surface area contributed by atoms with E-state index in [2.05, 4.69) is 11.0 Å². The molecule has 2 atom stereocenters. The van der Waals surface area contributed by atoms with E-state index in [0.29, 0.717) is 25.4 Å². The second-order valence-electron chi connectivity index (χ2n) is 6.91. The van der Waals surface area contributed by atoms with Crippen LogP contribution >= 0.6 is 0 Å². The van der Waals surface area contributed by atoms with Crippen molar-refractivity contribution in [2.24, 2.45) is 0 Å². The molecule has 2 saturated heterocycles. The van der Waals surface area contributed by atoms with Gasteiger partial charge in [-0.1, -0.05) is 11.6 Å². The Bertz CT molecular complexity index is 779. The largest absolute Gasteiger partial charge is 0.453 e. The van der Waals surface area contributed by atoms with E-state index in [-0.39, 0.29) is 41.9 Å². The molecule has 1 aromatic rings. The number of fused-ring (bicyclic) bond motifs is 1. The monoisotopic (exact) mass is 368 g/mol. The van der Waals surface area contributed by atoms with Crippen LogP contribution in [0.1, 0.15) is 30.2 Å². The number of rotatable bonds is 4. The average molecular weight is 368 g/mol. The smallest absolute Gasteiger partial charge is 0.289 e. The maximum absolute atomic E-state index is 12.8. The van der Waals surface area contributed by atoms with E-state index in [1.807, 2.05) is 13.8 Å². The second kappa shape index (κ2) is 6.93. The molecule has 2 unspecified atom stereocenters. The number of carbonyl (C=O) groups is 1. The van der Waals surface area contributed by atoms with E-state index in [0.717, 1.165) is 0 Å². The molecular weight excluding hydrogens is 344 g/mol. The van der Waals surface area contributed by atoms with Gasteiger partial charge >= 0.3 is 0 Å². The Labute approximate surface area is 147 Å². The normalized spacial score (nSPS) is 25.6. The zero-order valence-electron chi connectivity index (χ0n) is 14.5. The minimum atomic E-state index is -3.18. The quantitative estimate of drug-likeness (QED) is 0.785. The fraction of sp³-hybridized carbons (Fsp3) is 0.588. The lowest BCUT2D eigenvalue weighted by Gasteiger charge is -2.43. The molecule has 7 nitrogen and oxygen atoms in total. The number of hydrogen-bond donors (Lipinski definition) is 1. The molecule has 3 rings (SSSR count). The first-order chi connectivity index (χ1) is 11.8. The number of aliphatic hydroxyl groups excluding tert-OH is 1. The first-order valence-electron chi connectivity index (χ1n) is 8.39. The van der Waals surface area contributed by atoms with E-state index in [1.165, 1.54) is 11.6 Å². The molecule has 0 radical (unpaired) electrons. The molecule has 0 aliphatic carbocycles. The van der Waals surface area contributed by atoms with E-state index in [1.54, 1.807) is 11.0 Å². The Morgan fingerprint density at radius 3 is 2.64 bits per heavy atom. The molecule has 1 N–H and O–H groups in total. The third-order valence-corrected chi connectivity index (χ3v) is 6.51. The number of furan rings is 1. The first kappa shape index (κ1) is 18.2. The highest BCUT2D eigenvalue weighted by Gasteiger charge is 2.48. The van der Waals surface area contributed by atoms with Crippen molar-refractivity contribution in [2.75, 3.05) is 31.1 Å². The molecular formula is C17H24N2O5S. The van der Waals surface area contributed by atoms with Crippen LogP contribution in [0, 0.1) is 0 Å². The topological polar surface area (TPSA) is 91.1 Å². The Morgan fingerprint density at radius 2 is 2.00 bits per heavy atom. The highest BCUT2D eigenvalue weighted by atomic mass is 32.2. The van der Waals surface area contributed by atoms with Gasteiger partial charge in [0.05, 0.1) is 17.5 Å². The van der Waals surface area contributed by atoms with Gasteiger partial charge in [-0.2, -0.15) is 0 Å². The molecule has 2 fully saturated rings. The molecule has 138 valence electrons. The molecule has 0 aromatic carbocycles. The molecule has 3 heterocycles. The molecule has 2 aliphatic rings. The predicted octanol–water partition coefficient (Wildman–Crippen LogP) is 0.662. The number of amides is 1. The summed E-state index contributed by atoms with van der Waals surface area (Å²) >= 11 is 0. The molecule has 0 bridgehead atoms. The number of hydrogen-bond acceptors (Lipinski definition) is 6. The lowest BCUT2D eigenvalue weighted by molar-refractivity contribution is 0.0339. The van der Waals surface area contributed by atoms with Crippen molar-refractivity contribution in [2.45, 2.75) is 32.5 Å². The van der Waals surface area contributed by atoms with Gasteiger partial charge in [-0.15, -0.1) is 0 Å². The molecule has 0 spiro atoms. The third-order valence-electron chi connectivity index (χ3n) is 4.81. The van der Waals surface area contributed by atoms with Crippen LogP contribution in [0.2, 0.25) is 0 Å². The summed E-state index contributed by atoms with van der Waals surface area (Å²) in [4.78, 5) is 16.5. The standard InChI is InChI=1S/C17H24N2O5S/c1-12(2)5-6-18-7-8-19(15-11-25(22,23)10-14(15)18)17(21)16-4-3-13(9-20)24-16/h3-5,14-15,20H,6-11H2,1-2H3. The SMILES string of the molecule is CC(C)=CCN1CCN(C(=O)c2ccc(CO)o2)C2CS(=O)(=O)CC21. The zero-order chi connectivity index (χ0) is 18.2. The van der Waals surface area contributed by atoms with Gasteiger partial charge < -0.3 is 14.4 Å². The van der Waals surface area contributed by atoms with Gasteiger partial charge in [-0.3, -0.25) is 9.69 Å². The van der Waals surface area contributed by atoms with Crippen LogP contribution in [-0.2, 0) is 16.4 Å². The highest BCUT2D eigenvalue weighted by Crippen LogP contribution is 2.28. The lowest BCUT2D eigenvalue weighted by Crippen LogP contribution is -2.60. The number of aliphatic hydroxyl groups is 1. The Kier molecular flexibility index (Phi) is 5.04. The van der Waals surface area contributed by atoms with E-state index in [4.69, 9.17) is 9.52 Å². The van der Waals surface area contributed by atoms with Crippen molar-refractivity contribution in [3.63, 3.8) is 0 Å². The van der Waals surface area contributed by atoms with E-state index < -0.39 is 9.84 Å². The van der Waals surface area contributed by atoms with Crippen molar-refractivity contribution in [3.8, 4) is 0 Å². The first-order valence-corrected chi connectivity index (χ1v) is 10.2. The molecule has 0 saturated carbocycles. The van der Waals surface area contributed by atoms with Gasteiger partial charge in [0, 0.05) is 25.7 Å². The molecule has 1 aromatic heterocycles. The summed E-state index contributed by atoms with van der Waals surface area (Å²) in [5, 5.41) is 9.09. The molecule has 8 heteroatoms. The predicted molar refractivity (Wildman–Crippen MR) is 92.9 cm³/mol. The van der Waals surface area contributed by atoms with Crippen LogP contribution in [0.25, 0.3) is 0 Å². The Hall–Kier alpha value is -1.64. The summed E-state index contributed by atoms with van der Waals surface area (Å²) in [6.07, 6.45) is 2.08. The molecule has 25 heavy (non-hydrogen) atoms. The fourth-order valence-electron chi connectivity index (χ4n) is 3.52. The number of sulfone groups is 1. The Morgan fingerprint density at radius 1 is 1.28 bits per heavy atom. The number of allylic oxidation sites excluding steroid dienone is 1. The van der Waals surface area contributed by atoms with Gasteiger partial charge in [0.1, 0.15) is 12.4 Å². The van der Waals surface area contributed by atoms with E-state index >= 15 is 0 Å². The minimum absolute atomic E-state index is 0.0116. The summed E-state index contributed by atoms with van der Waals surface area (Å²) in [6, 6.07) is 2.54. The van der Waals surface area contributed by atoms with Gasteiger partial charge in [-0.05, 0) is 26.0 Å². The highest BCUT2D eigenvalue weighted by molar-refractivity contribution is 7.91. The van der Waals surface area contributed by atoms with Crippen LogP contribution in [0.3, 0.4) is 0 Å². The van der Waals surface area contributed by atoms with Gasteiger partial charge in [0.25, 0.3) is 5.91 Å². The van der Waals surface area contributed by atoms with Crippen molar-refractivity contribution < 1.29 is 22.7 Å². The average Bonchev–Trinajstić information content (AvgIpc) is 3.14. The van der Waals surface area contributed by atoms with Gasteiger partial charge in [0.2, 0.25) is 0 Å². The molecule has 1 amide bonds. The maximum Gasteiger partial charge on any atom is 0.289 e. The second-order valence-corrected chi connectivity index (χ2v) is 9.06. The van der Waals surface area contributed by atoms with Crippen LogP contribution in [0.5, 0.6) is 0 Å². The fourth-order valence-corrected chi connectivity index (χ4v) is 5.53. The van der Waals surface area contributed by atoms with Crippen LogP contribution in [0.4, 0.5) is 0 Å². The van der Waals surface area contributed by atoms with Crippen LogP contribution in [0.15, 0.2) is 28.2 Å². The third kappa shape index (κ3) is 3.80. The van der Waals surface area contributed by atoms with Crippen LogP contribution < -0.4 is 0 Å². The van der Waals surface area contributed by atoms with Crippen molar-refractivity contribution in [1.82, 2.24) is 9.80 Å². The summed E-state index contributed by atoms with van der Waals surface area (Å²) < 4.78 is 29.7. The minimum Gasteiger partial charge on any atom is -0.453 e.